The number of halogens is 1. The molecule has 1 heterocycles. The van der Waals surface area contributed by atoms with E-state index in [1.807, 2.05) is 25.1 Å². The second-order valence-corrected chi connectivity index (χ2v) is 8.01. The lowest BCUT2D eigenvalue weighted by Crippen LogP contribution is -2.12. The van der Waals surface area contributed by atoms with Crippen molar-refractivity contribution in [3.8, 4) is 5.75 Å². The normalized spacial score (nSPS) is 12.9. The number of hydrogen-bond acceptors (Lipinski definition) is 5. The molecule has 1 aliphatic rings. The van der Waals surface area contributed by atoms with E-state index in [0.29, 0.717) is 22.9 Å². The van der Waals surface area contributed by atoms with E-state index in [1.165, 1.54) is 24.5 Å². The molecule has 1 N–H and O–H groups in total. The van der Waals surface area contributed by atoms with Gasteiger partial charge in [-0.1, -0.05) is 15.9 Å². The van der Waals surface area contributed by atoms with Gasteiger partial charge in [-0.05, 0) is 56.0 Å². The molecule has 0 fully saturated rings. The highest BCUT2D eigenvalue weighted by Crippen LogP contribution is 2.39. The number of amides is 1. The molecule has 142 valence electrons. The highest BCUT2D eigenvalue weighted by molar-refractivity contribution is 9.10. The lowest BCUT2D eigenvalue weighted by Gasteiger charge is -2.08. The zero-order valence-corrected chi connectivity index (χ0v) is 17.5. The number of nitrogens with one attached hydrogen (secondary N) is 1. The van der Waals surface area contributed by atoms with E-state index in [2.05, 4.69) is 21.2 Å². The predicted octanol–water partition coefficient (Wildman–Crippen LogP) is 4.84. The molecular weight excluding hydrogens is 430 g/mol. The molecule has 2 aromatic rings. The quantitative estimate of drug-likeness (QED) is 0.506. The molecule has 27 heavy (non-hydrogen) atoms. The summed E-state index contributed by atoms with van der Waals surface area (Å²) in [6, 6.07) is 5.62. The van der Waals surface area contributed by atoms with E-state index in [0.717, 1.165) is 39.7 Å². The second kappa shape index (κ2) is 8.71. The van der Waals surface area contributed by atoms with E-state index < -0.39 is 5.97 Å². The van der Waals surface area contributed by atoms with E-state index in [1.54, 1.807) is 6.08 Å². The van der Waals surface area contributed by atoms with Crippen LogP contribution in [0.25, 0.3) is 6.08 Å². The lowest BCUT2D eigenvalue weighted by atomic mass is 10.1. The van der Waals surface area contributed by atoms with Gasteiger partial charge < -0.3 is 14.8 Å². The number of esters is 1. The number of benzene rings is 1. The first kappa shape index (κ1) is 19.6. The van der Waals surface area contributed by atoms with E-state index >= 15 is 0 Å². The molecule has 0 saturated carbocycles. The van der Waals surface area contributed by atoms with Crippen LogP contribution < -0.4 is 10.1 Å². The minimum atomic E-state index is -0.403. The summed E-state index contributed by atoms with van der Waals surface area (Å²) in [6.07, 6.45) is 5.95. The van der Waals surface area contributed by atoms with Crippen LogP contribution in [-0.4, -0.2) is 25.6 Å². The van der Waals surface area contributed by atoms with Crippen LogP contribution in [0, 0.1) is 0 Å². The summed E-state index contributed by atoms with van der Waals surface area (Å²) in [4.78, 5) is 25.8. The maximum Gasteiger partial charge on any atom is 0.341 e. The molecule has 1 amide bonds. The number of aryl methyl sites for hydroxylation is 1. The third-order valence-electron chi connectivity index (χ3n) is 4.23. The minimum absolute atomic E-state index is 0.303. The summed E-state index contributed by atoms with van der Waals surface area (Å²) < 4.78 is 11.4. The van der Waals surface area contributed by atoms with Crippen molar-refractivity contribution >= 4 is 50.2 Å². The van der Waals surface area contributed by atoms with Crippen LogP contribution in [0.1, 0.15) is 39.7 Å². The Morgan fingerprint density at radius 2 is 2.15 bits per heavy atom. The first-order valence-corrected chi connectivity index (χ1v) is 10.3. The molecule has 0 bridgehead atoms. The number of methoxy groups -OCH3 is 1. The zero-order chi connectivity index (χ0) is 19.4. The van der Waals surface area contributed by atoms with Crippen LogP contribution >= 0.6 is 27.3 Å². The summed E-state index contributed by atoms with van der Waals surface area (Å²) in [5, 5.41) is 3.39. The summed E-state index contributed by atoms with van der Waals surface area (Å²) >= 11 is 4.88. The monoisotopic (exact) mass is 449 g/mol. The largest absolute Gasteiger partial charge is 0.493 e. The van der Waals surface area contributed by atoms with Gasteiger partial charge in [0.2, 0.25) is 5.91 Å². The van der Waals surface area contributed by atoms with Gasteiger partial charge in [-0.3, -0.25) is 4.79 Å². The van der Waals surface area contributed by atoms with Gasteiger partial charge in [0.15, 0.2) is 0 Å². The molecule has 1 aromatic carbocycles. The maximum absolute atomic E-state index is 12.4. The van der Waals surface area contributed by atoms with Gasteiger partial charge in [0.1, 0.15) is 10.8 Å². The summed E-state index contributed by atoms with van der Waals surface area (Å²) in [7, 11) is 1.36. The van der Waals surface area contributed by atoms with Crippen molar-refractivity contribution in [3.05, 3.63) is 50.3 Å². The van der Waals surface area contributed by atoms with Crippen molar-refractivity contribution in [2.24, 2.45) is 0 Å². The molecule has 0 saturated heterocycles. The number of rotatable bonds is 6. The summed E-state index contributed by atoms with van der Waals surface area (Å²) in [5.74, 6) is -0.00287. The molecule has 0 radical (unpaired) electrons. The Bertz CT molecular complexity index is 904. The van der Waals surface area contributed by atoms with E-state index in [4.69, 9.17) is 9.47 Å². The first-order chi connectivity index (χ1) is 13.0. The molecule has 7 heteroatoms. The summed E-state index contributed by atoms with van der Waals surface area (Å²) in [6.45, 7) is 2.45. The fraction of sp³-hybridized carbons (Fsp3) is 0.300. The van der Waals surface area contributed by atoms with Gasteiger partial charge in [0.05, 0.1) is 19.3 Å². The number of fused-ring (bicyclic) bond motifs is 1. The highest BCUT2D eigenvalue weighted by Gasteiger charge is 2.27. The van der Waals surface area contributed by atoms with Crippen LogP contribution in [0.4, 0.5) is 5.00 Å². The fourth-order valence-corrected chi connectivity index (χ4v) is 4.73. The van der Waals surface area contributed by atoms with Crippen molar-refractivity contribution in [1.82, 2.24) is 0 Å². The van der Waals surface area contributed by atoms with Crippen molar-refractivity contribution in [1.29, 1.82) is 0 Å². The summed E-state index contributed by atoms with van der Waals surface area (Å²) in [5.41, 5.74) is 2.30. The lowest BCUT2D eigenvalue weighted by molar-refractivity contribution is -0.111. The molecule has 3 rings (SSSR count). The maximum atomic E-state index is 12.4. The number of hydrogen-bond donors (Lipinski definition) is 1. The Kier molecular flexibility index (Phi) is 6.34. The van der Waals surface area contributed by atoms with Gasteiger partial charge in [-0.15, -0.1) is 11.3 Å². The number of thiophene rings is 1. The van der Waals surface area contributed by atoms with Crippen molar-refractivity contribution < 1.29 is 19.1 Å². The second-order valence-electron chi connectivity index (χ2n) is 5.99. The molecule has 0 atom stereocenters. The molecular formula is C20H20BrNO4S. The van der Waals surface area contributed by atoms with Crippen LogP contribution in [0.5, 0.6) is 5.75 Å². The van der Waals surface area contributed by atoms with Crippen LogP contribution in [0.15, 0.2) is 28.7 Å². The van der Waals surface area contributed by atoms with Crippen molar-refractivity contribution in [2.45, 2.75) is 26.2 Å². The van der Waals surface area contributed by atoms with E-state index in [9.17, 15) is 9.59 Å². The van der Waals surface area contributed by atoms with Gasteiger partial charge >= 0.3 is 5.97 Å². The van der Waals surface area contributed by atoms with E-state index in [-0.39, 0.29) is 5.91 Å². The van der Waals surface area contributed by atoms with Crippen LogP contribution in [0.2, 0.25) is 0 Å². The third-order valence-corrected chi connectivity index (χ3v) is 5.93. The molecule has 5 nitrogen and oxygen atoms in total. The van der Waals surface area contributed by atoms with Crippen LogP contribution in [0.3, 0.4) is 0 Å². The Morgan fingerprint density at radius 1 is 1.33 bits per heavy atom. The molecule has 1 aliphatic carbocycles. The average molecular weight is 450 g/mol. The Labute approximate surface area is 170 Å². The number of anilines is 1. The smallest absolute Gasteiger partial charge is 0.341 e. The Hall–Kier alpha value is -2.12. The van der Waals surface area contributed by atoms with Crippen molar-refractivity contribution in [3.63, 3.8) is 0 Å². The zero-order valence-electron chi connectivity index (χ0n) is 15.1. The molecule has 0 unspecified atom stereocenters. The Morgan fingerprint density at radius 3 is 2.89 bits per heavy atom. The molecule has 1 aromatic heterocycles. The van der Waals surface area contributed by atoms with Crippen molar-refractivity contribution in [2.75, 3.05) is 19.0 Å². The fourth-order valence-electron chi connectivity index (χ4n) is 3.07. The number of ether oxygens (including phenoxy) is 2. The first-order valence-electron chi connectivity index (χ1n) is 8.67. The third kappa shape index (κ3) is 4.42. The standard InChI is InChI=1S/C20H20BrNO4S/c1-3-26-15-9-8-13(21)11-12(15)7-10-17(23)22-19-18(20(24)25-2)14-5-4-6-16(14)27-19/h7-11H,3-6H2,1-2H3,(H,22,23). The topological polar surface area (TPSA) is 64.6 Å². The van der Waals surface area contributed by atoms with Gasteiger partial charge in [-0.2, -0.15) is 0 Å². The predicted molar refractivity (Wildman–Crippen MR) is 111 cm³/mol. The highest BCUT2D eigenvalue weighted by atomic mass is 79.9. The van der Waals surface area contributed by atoms with Crippen LogP contribution in [-0.2, 0) is 22.4 Å². The molecule has 0 aliphatic heterocycles. The van der Waals surface area contributed by atoms with Gasteiger partial charge in [0.25, 0.3) is 0 Å². The average Bonchev–Trinajstić information content (AvgIpc) is 3.22. The van der Waals surface area contributed by atoms with Gasteiger partial charge in [-0.25, -0.2) is 4.79 Å². The minimum Gasteiger partial charge on any atom is -0.493 e. The molecule has 0 spiro atoms. The Balaban J connectivity index is 1.80. The SMILES string of the molecule is CCOc1ccc(Br)cc1C=CC(=O)Nc1sc2c(c1C(=O)OC)CCC2. The number of carbonyl (C=O) groups excluding carboxylic acids is 2. The number of carbonyl (C=O) groups is 2. The van der Waals surface area contributed by atoms with Gasteiger partial charge in [0, 0.05) is 21.0 Å².